The average molecular weight is 354 g/mol. The van der Waals surface area contributed by atoms with Crippen LogP contribution in [0.1, 0.15) is 17.7 Å². The van der Waals surface area contributed by atoms with Gasteiger partial charge in [0, 0.05) is 30.4 Å². The molecular formula is C19H22N4OS. The Bertz CT molecular complexity index is 801. The summed E-state index contributed by atoms with van der Waals surface area (Å²) in [6, 6.07) is 12.2. The number of hydrogen-bond donors (Lipinski definition) is 2. The van der Waals surface area contributed by atoms with Gasteiger partial charge in [0.2, 0.25) is 11.9 Å². The first-order valence-corrected chi connectivity index (χ1v) is 9.67. The maximum Gasteiger partial charge on any atom is 0.223 e. The number of carbonyl (C=O) groups excluding carboxylic acids is 1. The molecule has 3 aromatic rings. The van der Waals surface area contributed by atoms with E-state index in [0.717, 1.165) is 55.9 Å². The minimum absolute atomic E-state index is 0.115. The molecule has 1 aromatic carbocycles. The van der Waals surface area contributed by atoms with Crippen molar-refractivity contribution >= 4 is 34.2 Å². The van der Waals surface area contributed by atoms with E-state index in [0.29, 0.717) is 0 Å². The van der Waals surface area contributed by atoms with Crippen LogP contribution in [0.15, 0.2) is 41.8 Å². The van der Waals surface area contributed by atoms with E-state index in [-0.39, 0.29) is 11.8 Å². The van der Waals surface area contributed by atoms with E-state index >= 15 is 0 Å². The lowest BCUT2D eigenvalue weighted by Gasteiger charge is -2.31. The number of nitrogens with zero attached hydrogens (tertiary/aromatic N) is 2. The number of nitrogens with one attached hydrogen (secondary N) is 2. The highest BCUT2D eigenvalue weighted by Crippen LogP contribution is 2.23. The summed E-state index contributed by atoms with van der Waals surface area (Å²) in [7, 11) is 0. The number of carbonyl (C=O) groups is 1. The summed E-state index contributed by atoms with van der Waals surface area (Å²) in [5.74, 6) is 1.22. The molecule has 0 saturated carbocycles. The van der Waals surface area contributed by atoms with E-state index in [1.165, 1.54) is 4.88 Å². The molecule has 1 saturated heterocycles. The van der Waals surface area contributed by atoms with Crippen LogP contribution in [-0.2, 0) is 11.2 Å². The molecule has 1 amide bonds. The number of aromatic amines is 1. The predicted octanol–water partition coefficient (Wildman–Crippen LogP) is 3.20. The first-order valence-electron chi connectivity index (χ1n) is 8.79. The Hall–Kier alpha value is -2.34. The Morgan fingerprint density at radius 1 is 1.24 bits per heavy atom. The number of anilines is 1. The highest BCUT2D eigenvalue weighted by atomic mass is 32.1. The van der Waals surface area contributed by atoms with Crippen molar-refractivity contribution in [1.29, 1.82) is 0 Å². The lowest BCUT2D eigenvalue weighted by atomic mass is 9.96. The number of hydrogen-bond acceptors (Lipinski definition) is 4. The van der Waals surface area contributed by atoms with Crippen LogP contribution < -0.4 is 10.2 Å². The van der Waals surface area contributed by atoms with Crippen molar-refractivity contribution in [3.8, 4) is 0 Å². The van der Waals surface area contributed by atoms with Gasteiger partial charge in [0.05, 0.1) is 11.0 Å². The number of fused-ring (bicyclic) bond motifs is 1. The largest absolute Gasteiger partial charge is 0.355 e. The van der Waals surface area contributed by atoms with Crippen molar-refractivity contribution in [2.24, 2.45) is 5.92 Å². The second-order valence-electron chi connectivity index (χ2n) is 6.46. The number of amides is 1. The summed E-state index contributed by atoms with van der Waals surface area (Å²) >= 11 is 1.74. The Kier molecular flexibility index (Phi) is 4.70. The van der Waals surface area contributed by atoms with Crippen LogP contribution >= 0.6 is 11.3 Å². The molecule has 1 aliphatic heterocycles. The minimum Gasteiger partial charge on any atom is -0.355 e. The third-order valence-electron chi connectivity index (χ3n) is 4.79. The van der Waals surface area contributed by atoms with Gasteiger partial charge in [0.25, 0.3) is 0 Å². The van der Waals surface area contributed by atoms with Gasteiger partial charge < -0.3 is 15.2 Å². The molecule has 4 rings (SSSR count). The zero-order valence-corrected chi connectivity index (χ0v) is 14.9. The summed E-state index contributed by atoms with van der Waals surface area (Å²) in [5, 5.41) is 5.17. The zero-order chi connectivity index (χ0) is 17.1. The summed E-state index contributed by atoms with van der Waals surface area (Å²) in [6.45, 7) is 2.45. The second-order valence-corrected chi connectivity index (χ2v) is 7.49. The number of piperidine rings is 1. The molecule has 3 heterocycles. The van der Waals surface area contributed by atoms with E-state index < -0.39 is 0 Å². The molecule has 0 unspecified atom stereocenters. The summed E-state index contributed by atoms with van der Waals surface area (Å²) in [5.41, 5.74) is 2.05. The normalized spacial score (nSPS) is 15.6. The van der Waals surface area contributed by atoms with Crippen LogP contribution in [0.5, 0.6) is 0 Å². The summed E-state index contributed by atoms with van der Waals surface area (Å²) < 4.78 is 0. The molecule has 1 fully saturated rings. The number of thiophene rings is 1. The molecule has 0 radical (unpaired) electrons. The van der Waals surface area contributed by atoms with Gasteiger partial charge >= 0.3 is 0 Å². The van der Waals surface area contributed by atoms with Gasteiger partial charge in [-0.3, -0.25) is 4.79 Å². The Morgan fingerprint density at radius 2 is 2.08 bits per heavy atom. The first-order chi connectivity index (χ1) is 12.3. The van der Waals surface area contributed by atoms with Gasteiger partial charge in [0.15, 0.2) is 0 Å². The second kappa shape index (κ2) is 7.27. The van der Waals surface area contributed by atoms with Gasteiger partial charge in [0.1, 0.15) is 0 Å². The van der Waals surface area contributed by atoms with Gasteiger partial charge in [-0.2, -0.15) is 0 Å². The van der Waals surface area contributed by atoms with Crippen LogP contribution in [-0.4, -0.2) is 35.5 Å². The monoisotopic (exact) mass is 354 g/mol. The van der Waals surface area contributed by atoms with E-state index in [4.69, 9.17) is 0 Å². The minimum atomic E-state index is 0.115. The van der Waals surface area contributed by atoms with Gasteiger partial charge in [-0.25, -0.2) is 4.98 Å². The van der Waals surface area contributed by atoms with Crippen LogP contribution in [0.25, 0.3) is 11.0 Å². The standard InChI is InChI=1S/C19H22N4OS/c24-18(20-10-7-15-4-3-13-25-15)14-8-11-23(12-9-14)19-21-16-5-1-2-6-17(16)22-19/h1-6,13-14H,7-12H2,(H,20,24)(H,21,22). The van der Waals surface area contributed by atoms with Crippen molar-refractivity contribution in [3.63, 3.8) is 0 Å². The number of H-pyrrole nitrogens is 1. The Morgan fingerprint density at radius 3 is 2.84 bits per heavy atom. The molecule has 0 spiro atoms. The number of benzene rings is 1. The quantitative estimate of drug-likeness (QED) is 0.740. The molecule has 0 aliphatic carbocycles. The molecule has 5 nitrogen and oxygen atoms in total. The smallest absolute Gasteiger partial charge is 0.223 e. The Balaban J connectivity index is 1.28. The van der Waals surface area contributed by atoms with Crippen LogP contribution in [0, 0.1) is 5.92 Å². The highest BCUT2D eigenvalue weighted by molar-refractivity contribution is 7.09. The third-order valence-corrected chi connectivity index (χ3v) is 5.73. The molecular weight excluding hydrogens is 332 g/mol. The summed E-state index contributed by atoms with van der Waals surface area (Å²) in [6.07, 6.45) is 2.67. The van der Waals surface area contributed by atoms with Crippen molar-refractivity contribution in [2.45, 2.75) is 19.3 Å². The van der Waals surface area contributed by atoms with E-state index in [1.54, 1.807) is 11.3 Å². The average Bonchev–Trinajstić information content (AvgIpc) is 3.31. The predicted molar refractivity (Wildman–Crippen MR) is 102 cm³/mol. The van der Waals surface area contributed by atoms with E-state index in [2.05, 4.69) is 37.7 Å². The molecule has 0 bridgehead atoms. The fraction of sp³-hybridized carbons (Fsp3) is 0.368. The molecule has 25 heavy (non-hydrogen) atoms. The van der Waals surface area contributed by atoms with Gasteiger partial charge in [-0.05, 0) is 42.8 Å². The Labute approximate surface area is 151 Å². The number of imidazole rings is 1. The number of aromatic nitrogens is 2. The van der Waals surface area contributed by atoms with Crippen molar-refractivity contribution in [1.82, 2.24) is 15.3 Å². The number of rotatable bonds is 5. The molecule has 0 atom stereocenters. The summed E-state index contributed by atoms with van der Waals surface area (Å²) in [4.78, 5) is 24.0. The maximum absolute atomic E-state index is 12.4. The molecule has 130 valence electrons. The lowest BCUT2D eigenvalue weighted by molar-refractivity contribution is -0.125. The van der Waals surface area contributed by atoms with Gasteiger partial charge in [-0.15, -0.1) is 11.3 Å². The fourth-order valence-corrected chi connectivity index (χ4v) is 4.06. The number of para-hydroxylation sites is 2. The highest BCUT2D eigenvalue weighted by Gasteiger charge is 2.26. The van der Waals surface area contributed by atoms with E-state index in [9.17, 15) is 4.79 Å². The third kappa shape index (κ3) is 3.69. The van der Waals surface area contributed by atoms with Crippen molar-refractivity contribution in [3.05, 3.63) is 46.7 Å². The SMILES string of the molecule is O=C(NCCc1cccs1)C1CCN(c2nc3ccccc3[nH]2)CC1. The van der Waals surface area contributed by atoms with Crippen molar-refractivity contribution in [2.75, 3.05) is 24.5 Å². The zero-order valence-electron chi connectivity index (χ0n) is 14.1. The van der Waals surface area contributed by atoms with Crippen LogP contribution in [0.2, 0.25) is 0 Å². The molecule has 2 aromatic heterocycles. The first kappa shape index (κ1) is 16.1. The molecule has 6 heteroatoms. The maximum atomic E-state index is 12.4. The van der Waals surface area contributed by atoms with Crippen molar-refractivity contribution < 1.29 is 4.79 Å². The van der Waals surface area contributed by atoms with E-state index in [1.807, 2.05) is 24.3 Å². The topological polar surface area (TPSA) is 61.0 Å². The lowest BCUT2D eigenvalue weighted by Crippen LogP contribution is -2.41. The molecule has 1 aliphatic rings. The van der Waals surface area contributed by atoms with Crippen LogP contribution in [0.3, 0.4) is 0 Å². The van der Waals surface area contributed by atoms with Crippen LogP contribution in [0.4, 0.5) is 5.95 Å². The fourth-order valence-electron chi connectivity index (χ4n) is 3.35. The molecule has 2 N–H and O–H groups in total. The van der Waals surface area contributed by atoms with Gasteiger partial charge in [-0.1, -0.05) is 18.2 Å².